The van der Waals surface area contributed by atoms with E-state index in [1.807, 2.05) is 13.0 Å². The van der Waals surface area contributed by atoms with Crippen molar-refractivity contribution < 1.29 is 18.9 Å². The van der Waals surface area contributed by atoms with Gasteiger partial charge in [-0.1, -0.05) is 30.6 Å². The zero-order chi connectivity index (χ0) is 36.5. The number of carbonyl (C=O) groups is 3. The van der Waals surface area contributed by atoms with Gasteiger partial charge in [-0.15, -0.1) is 0 Å². The highest BCUT2D eigenvalue weighted by Gasteiger charge is 2.37. The van der Waals surface area contributed by atoms with Crippen LogP contribution in [-0.4, -0.2) is 75.0 Å². The highest BCUT2D eigenvalue weighted by molar-refractivity contribution is 6.08. The summed E-state index contributed by atoms with van der Waals surface area (Å²) in [5.41, 5.74) is 10.3. The Hall–Kier alpha value is -5.30. The van der Waals surface area contributed by atoms with Crippen molar-refractivity contribution in [3.8, 4) is 0 Å². The summed E-state index contributed by atoms with van der Waals surface area (Å²) in [6.45, 7) is 6.03. The van der Waals surface area contributed by atoms with Crippen molar-refractivity contribution in [3.63, 3.8) is 0 Å². The number of nitrogens with two attached hydrogens (primary N) is 1. The molecule has 1 aliphatic carbocycles. The normalized spacial score (nSPS) is 20.3. The Morgan fingerprint density at radius 2 is 1.77 bits per heavy atom. The number of amides is 3. The molecule has 13 heteroatoms. The third-order valence-corrected chi connectivity index (χ3v) is 11.6. The number of rotatable bonds is 12. The van der Waals surface area contributed by atoms with Crippen molar-refractivity contribution in [1.29, 1.82) is 0 Å². The molecule has 13 nitrogen and oxygen atoms in total. The first kappa shape index (κ1) is 34.8. The van der Waals surface area contributed by atoms with Gasteiger partial charge in [-0.3, -0.25) is 19.7 Å². The Balaban J connectivity index is 0.884. The van der Waals surface area contributed by atoms with Crippen molar-refractivity contribution in [2.45, 2.75) is 88.6 Å². The fraction of sp³-hybridized carbons (Fsp3) is 0.450. The van der Waals surface area contributed by atoms with Gasteiger partial charge in [-0.05, 0) is 106 Å². The first-order valence-corrected chi connectivity index (χ1v) is 19.1. The third kappa shape index (κ3) is 6.85. The molecule has 0 bridgehead atoms. The Morgan fingerprint density at radius 1 is 1.00 bits per heavy atom. The van der Waals surface area contributed by atoms with Gasteiger partial charge in [-0.2, -0.15) is 0 Å². The second-order valence-electron chi connectivity index (χ2n) is 14.8. The molecule has 0 spiro atoms. The van der Waals surface area contributed by atoms with Crippen molar-refractivity contribution >= 4 is 57.4 Å². The summed E-state index contributed by atoms with van der Waals surface area (Å²) in [4.78, 5) is 49.9. The number of likely N-dealkylation sites (tertiary alicyclic amines) is 1. The predicted octanol–water partition coefficient (Wildman–Crippen LogP) is 6.14. The second kappa shape index (κ2) is 15.0. The van der Waals surface area contributed by atoms with Crippen LogP contribution in [0.4, 0.5) is 17.3 Å². The molecule has 5 heterocycles. The summed E-state index contributed by atoms with van der Waals surface area (Å²) >= 11 is 0. The molecular formula is C40H47N9O4. The van der Waals surface area contributed by atoms with Crippen LogP contribution in [0.2, 0.25) is 0 Å². The quantitative estimate of drug-likeness (QED) is 0.128. The minimum absolute atomic E-state index is 0.144. The van der Waals surface area contributed by atoms with E-state index in [-0.39, 0.29) is 11.6 Å². The van der Waals surface area contributed by atoms with Gasteiger partial charge < -0.3 is 29.9 Å². The van der Waals surface area contributed by atoms with Crippen LogP contribution >= 0.6 is 0 Å². The van der Waals surface area contributed by atoms with Crippen LogP contribution in [-0.2, 0) is 9.59 Å². The summed E-state index contributed by atoms with van der Waals surface area (Å²) in [6.07, 6.45) is 13.5. The van der Waals surface area contributed by atoms with Gasteiger partial charge in [0, 0.05) is 48.0 Å². The maximum absolute atomic E-state index is 12.8. The lowest BCUT2D eigenvalue weighted by Crippen LogP contribution is -2.48. The second-order valence-corrected chi connectivity index (χ2v) is 14.8. The van der Waals surface area contributed by atoms with E-state index in [0.717, 1.165) is 98.9 Å². The number of piperidine rings is 2. The Labute approximate surface area is 308 Å². The summed E-state index contributed by atoms with van der Waals surface area (Å²) in [5.74, 6) is 0.153. The molecule has 8 rings (SSSR count). The number of anilines is 3. The molecule has 1 saturated carbocycles. The molecule has 2 aliphatic heterocycles. The molecule has 5 aromatic rings. The van der Waals surface area contributed by atoms with E-state index in [1.54, 1.807) is 6.20 Å². The van der Waals surface area contributed by atoms with E-state index >= 15 is 0 Å². The summed E-state index contributed by atoms with van der Waals surface area (Å²) in [7, 11) is 0. The minimum atomic E-state index is -0.601. The molecule has 3 aromatic heterocycles. The molecule has 3 aliphatic rings. The van der Waals surface area contributed by atoms with Gasteiger partial charge in [-0.25, -0.2) is 9.97 Å². The maximum atomic E-state index is 12.8. The summed E-state index contributed by atoms with van der Waals surface area (Å²) in [5, 5.41) is 11.8. The Morgan fingerprint density at radius 3 is 2.49 bits per heavy atom. The smallest absolute Gasteiger partial charge is 0.271 e. The Kier molecular flexibility index (Phi) is 9.82. The van der Waals surface area contributed by atoms with Crippen LogP contribution in [0.15, 0.2) is 59.4 Å². The van der Waals surface area contributed by atoms with Crippen LogP contribution in [0, 0.1) is 0 Å². The lowest BCUT2D eigenvalue weighted by Gasteiger charge is -2.46. The molecule has 2 saturated heterocycles. The maximum Gasteiger partial charge on any atom is 0.271 e. The molecule has 0 radical (unpaired) electrons. The first-order valence-electron chi connectivity index (χ1n) is 19.1. The monoisotopic (exact) mass is 717 g/mol. The van der Waals surface area contributed by atoms with Gasteiger partial charge in [0.1, 0.15) is 11.5 Å². The molecule has 3 fully saturated rings. The number of aromatic nitrogens is 4. The van der Waals surface area contributed by atoms with E-state index in [0.29, 0.717) is 47.9 Å². The zero-order valence-electron chi connectivity index (χ0n) is 30.2. The number of hydrogen-bond donors (Lipinski definition) is 3. The van der Waals surface area contributed by atoms with Gasteiger partial charge in [0.2, 0.25) is 12.3 Å². The molecule has 3 amide bonds. The lowest BCUT2D eigenvalue weighted by molar-refractivity contribution is -0.126. The fourth-order valence-electron chi connectivity index (χ4n) is 8.68. The highest BCUT2D eigenvalue weighted by Crippen LogP contribution is 2.42. The van der Waals surface area contributed by atoms with E-state index in [9.17, 15) is 14.4 Å². The van der Waals surface area contributed by atoms with Crippen molar-refractivity contribution in [3.05, 3.63) is 71.8 Å². The van der Waals surface area contributed by atoms with Crippen molar-refractivity contribution in [2.24, 2.45) is 5.73 Å². The Bertz CT molecular complexity index is 2110. The number of nitrogens with one attached hydrogen (secondary N) is 2. The average molecular weight is 718 g/mol. The zero-order valence-corrected chi connectivity index (χ0v) is 30.2. The van der Waals surface area contributed by atoms with Crippen LogP contribution in [0.5, 0.6) is 0 Å². The van der Waals surface area contributed by atoms with E-state index < -0.39 is 11.8 Å². The molecule has 2 aromatic carbocycles. The standard InChI is InChI=1S/C40H47N9O4/c1-2-6-31(40(52)43-24-50)36-35-30-15-20-49(32(30)11-12-33(35)53-46-36)29-21-28(22-29)47-18-13-26(14-19-47)25-7-9-27(10-8-25)44-39-37(38(41)51)42-23-34(45-39)48-16-4-3-5-17-48/h7-12,15,20,23-24,26,28-29,31H,2-6,13-14,16-19,21-22H2,1H3,(H2,41,51)(H,44,45)(H,43,50,52)/t28-,29+,31?. The van der Waals surface area contributed by atoms with Crippen LogP contribution < -0.4 is 21.3 Å². The van der Waals surface area contributed by atoms with Gasteiger partial charge in [0.15, 0.2) is 17.1 Å². The largest absolute Gasteiger partial charge is 0.364 e. The van der Waals surface area contributed by atoms with Crippen LogP contribution in [0.25, 0.3) is 21.9 Å². The number of primary amides is 1. The summed E-state index contributed by atoms with van der Waals surface area (Å²) < 4.78 is 8.03. The molecule has 53 heavy (non-hydrogen) atoms. The van der Waals surface area contributed by atoms with Crippen molar-refractivity contribution in [2.75, 3.05) is 36.4 Å². The van der Waals surface area contributed by atoms with E-state index in [1.165, 1.54) is 12.0 Å². The predicted molar refractivity (Wildman–Crippen MR) is 203 cm³/mol. The fourth-order valence-corrected chi connectivity index (χ4v) is 8.68. The number of benzene rings is 2. The van der Waals surface area contributed by atoms with E-state index in [2.05, 4.69) is 77.7 Å². The number of imide groups is 1. The number of fused-ring (bicyclic) bond motifs is 3. The minimum Gasteiger partial charge on any atom is -0.364 e. The lowest BCUT2D eigenvalue weighted by atomic mass is 9.82. The SMILES string of the molecule is CCCC(C(=O)NC=O)c1noc2ccc3c(ccn3[C@H]3C[C@@H](N4CCC(c5ccc(Nc6nc(N7CCCCC7)cnc6C(N)=O)cc5)CC4)C3)c12. The molecule has 1 atom stereocenters. The average Bonchev–Trinajstić information content (AvgIpc) is 3.79. The molecule has 1 unspecified atom stereocenters. The molecule has 4 N–H and O–H groups in total. The van der Waals surface area contributed by atoms with Crippen LogP contribution in [0.1, 0.15) is 104 Å². The highest BCUT2D eigenvalue weighted by atomic mass is 16.5. The van der Waals surface area contributed by atoms with Crippen molar-refractivity contribution in [1.82, 2.24) is 29.9 Å². The molecular weight excluding hydrogens is 670 g/mol. The van der Waals surface area contributed by atoms with Gasteiger partial charge in [0.25, 0.3) is 5.91 Å². The topological polar surface area (TPSA) is 165 Å². The van der Waals surface area contributed by atoms with E-state index in [4.69, 9.17) is 15.2 Å². The number of nitrogens with zero attached hydrogens (tertiary/aromatic N) is 6. The van der Waals surface area contributed by atoms with Gasteiger partial charge >= 0.3 is 0 Å². The third-order valence-electron chi connectivity index (χ3n) is 11.6. The molecule has 276 valence electrons. The first-order chi connectivity index (χ1) is 25.9. The number of carbonyl (C=O) groups excluding carboxylic acids is 3. The number of hydrogen-bond acceptors (Lipinski definition) is 10. The summed E-state index contributed by atoms with van der Waals surface area (Å²) in [6, 6.07) is 15.6. The van der Waals surface area contributed by atoms with Gasteiger partial charge in [0.05, 0.1) is 17.5 Å². The van der Waals surface area contributed by atoms with Crippen LogP contribution in [0.3, 0.4) is 0 Å².